The molecule has 5 nitrogen and oxygen atoms in total. The number of likely N-dealkylation sites (tertiary alicyclic amines) is 1. The molecule has 1 aliphatic heterocycles. The molecular weight excluding hydrogens is 396 g/mol. The summed E-state index contributed by atoms with van der Waals surface area (Å²) in [4.78, 5) is 28.0. The first-order valence-corrected chi connectivity index (χ1v) is 10.7. The number of pyridine rings is 1. The van der Waals surface area contributed by atoms with Crippen LogP contribution in [0, 0.1) is 13.8 Å². The average molecular weight is 421 g/mol. The average Bonchev–Trinajstić information content (AvgIpc) is 2.75. The van der Waals surface area contributed by atoms with E-state index in [1.165, 1.54) is 5.56 Å². The van der Waals surface area contributed by atoms with Gasteiger partial charge in [-0.2, -0.15) is 0 Å². The van der Waals surface area contributed by atoms with E-state index in [9.17, 15) is 4.79 Å². The highest BCUT2D eigenvalue weighted by molar-refractivity contribution is 6.31. The predicted octanol–water partition coefficient (Wildman–Crippen LogP) is 4.75. The lowest BCUT2D eigenvalue weighted by Gasteiger charge is -2.32. The van der Waals surface area contributed by atoms with E-state index in [1.807, 2.05) is 36.9 Å². The number of carbonyl (C=O) groups is 1. The third kappa shape index (κ3) is 4.68. The Kier molecular flexibility index (Phi) is 6.09. The van der Waals surface area contributed by atoms with Gasteiger partial charge in [-0.15, -0.1) is 0 Å². The molecule has 0 spiro atoms. The van der Waals surface area contributed by atoms with Crippen molar-refractivity contribution in [3.8, 4) is 0 Å². The molecule has 0 N–H and O–H groups in total. The number of aryl methyl sites for hydroxylation is 2. The summed E-state index contributed by atoms with van der Waals surface area (Å²) in [5.41, 5.74) is 5.54. The van der Waals surface area contributed by atoms with Crippen molar-refractivity contribution in [3.05, 3.63) is 87.7 Å². The van der Waals surface area contributed by atoms with E-state index in [1.54, 1.807) is 12.4 Å². The van der Waals surface area contributed by atoms with Gasteiger partial charge in [0, 0.05) is 41.6 Å². The van der Waals surface area contributed by atoms with Crippen molar-refractivity contribution in [2.45, 2.75) is 39.0 Å². The first-order valence-electron chi connectivity index (χ1n) is 10.3. The Morgan fingerprint density at radius 3 is 2.73 bits per heavy atom. The molecule has 3 heterocycles. The highest BCUT2D eigenvalue weighted by Gasteiger charge is 2.27. The quantitative estimate of drug-likeness (QED) is 0.611. The summed E-state index contributed by atoms with van der Waals surface area (Å²) in [6.07, 6.45) is 5.94. The molecule has 6 heteroatoms. The highest BCUT2D eigenvalue weighted by Crippen LogP contribution is 2.28. The van der Waals surface area contributed by atoms with Crippen LogP contribution in [0.4, 0.5) is 0 Å². The van der Waals surface area contributed by atoms with Crippen molar-refractivity contribution in [2.24, 2.45) is 0 Å². The van der Waals surface area contributed by atoms with E-state index >= 15 is 0 Å². The molecule has 1 atom stereocenters. The molecule has 1 saturated heterocycles. The number of halogens is 1. The molecule has 0 aliphatic carbocycles. The summed E-state index contributed by atoms with van der Waals surface area (Å²) in [5.74, 6) is 0.155. The van der Waals surface area contributed by atoms with Crippen LogP contribution in [0.2, 0.25) is 5.02 Å². The standard InChI is InChI=1S/C24H25ClN4O/c1-16-10-18(11-19-6-3-4-8-21(19)25)12-22(28-16)20-7-5-9-29(15-20)24(30)23-14-26-17(2)13-27-23/h3-4,6,8,10,12-14,20H,5,7,9,11,15H2,1-2H3/t20-/m0/s1. The van der Waals surface area contributed by atoms with Crippen LogP contribution in [0.1, 0.15) is 57.5 Å². The molecule has 3 aromatic rings. The van der Waals surface area contributed by atoms with Gasteiger partial charge in [0.25, 0.3) is 5.91 Å². The number of aromatic nitrogens is 3. The smallest absolute Gasteiger partial charge is 0.274 e. The molecule has 1 aromatic carbocycles. The lowest BCUT2D eigenvalue weighted by molar-refractivity contribution is 0.0699. The van der Waals surface area contributed by atoms with E-state index < -0.39 is 0 Å². The molecule has 0 bridgehead atoms. The van der Waals surface area contributed by atoms with E-state index in [2.05, 4.69) is 28.2 Å². The Bertz CT molecular complexity index is 1050. The molecule has 1 aliphatic rings. The zero-order valence-corrected chi connectivity index (χ0v) is 18.1. The fraction of sp³-hybridized carbons (Fsp3) is 0.333. The largest absolute Gasteiger partial charge is 0.337 e. The lowest BCUT2D eigenvalue weighted by atomic mass is 9.92. The van der Waals surface area contributed by atoms with Gasteiger partial charge in [-0.05, 0) is 62.4 Å². The summed E-state index contributed by atoms with van der Waals surface area (Å²) < 4.78 is 0. The third-order valence-corrected chi connectivity index (χ3v) is 5.88. The number of hydrogen-bond donors (Lipinski definition) is 0. The van der Waals surface area contributed by atoms with Crippen LogP contribution in [0.25, 0.3) is 0 Å². The highest BCUT2D eigenvalue weighted by atomic mass is 35.5. The number of hydrogen-bond acceptors (Lipinski definition) is 4. The van der Waals surface area contributed by atoms with Crippen molar-refractivity contribution in [1.82, 2.24) is 19.9 Å². The minimum absolute atomic E-state index is 0.0591. The number of carbonyl (C=O) groups excluding carboxylic acids is 1. The first kappa shape index (κ1) is 20.5. The molecule has 30 heavy (non-hydrogen) atoms. The zero-order valence-electron chi connectivity index (χ0n) is 17.3. The minimum atomic E-state index is -0.0591. The summed E-state index contributed by atoms with van der Waals surface area (Å²) in [6.45, 7) is 5.27. The molecule has 1 amide bonds. The molecule has 2 aromatic heterocycles. The number of benzene rings is 1. The van der Waals surface area contributed by atoms with Gasteiger partial charge >= 0.3 is 0 Å². The SMILES string of the molecule is Cc1cnc(C(=O)N2CCC[C@H](c3cc(Cc4ccccc4Cl)cc(C)n3)C2)cn1. The number of nitrogens with zero attached hydrogens (tertiary/aromatic N) is 4. The number of piperidine rings is 1. The van der Waals surface area contributed by atoms with E-state index in [-0.39, 0.29) is 11.8 Å². The van der Waals surface area contributed by atoms with Crippen LogP contribution in [0.3, 0.4) is 0 Å². The van der Waals surface area contributed by atoms with Gasteiger partial charge in [0.15, 0.2) is 0 Å². The van der Waals surface area contributed by atoms with Crippen LogP contribution in [-0.2, 0) is 6.42 Å². The Morgan fingerprint density at radius 1 is 1.13 bits per heavy atom. The third-order valence-electron chi connectivity index (χ3n) is 5.51. The van der Waals surface area contributed by atoms with Crippen LogP contribution < -0.4 is 0 Å². The van der Waals surface area contributed by atoms with Crippen LogP contribution in [0.5, 0.6) is 0 Å². The number of rotatable bonds is 4. The van der Waals surface area contributed by atoms with Crippen molar-refractivity contribution < 1.29 is 4.79 Å². The summed E-state index contributed by atoms with van der Waals surface area (Å²) in [5, 5.41) is 0.780. The fourth-order valence-electron chi connectivity index (χ4n) is 4.01. The van der Waals surface area contributed by atoms with Gasteiger partial charge in [0.05, 0.1) is 11.9 Å². The molecule has 0 radical (unpaired) electrons. The molecular formula is C24H25ClN4O. The lowest BCUT2D eigenvalue weighted by Crippen LogP contribution is -2.39. The van der Waals surface area contributed by atoms with Crippen LogP contribution >= 0.6 is 11.6 Å². The molecule has 1 fully saturated rings. The van der Waals surface area contributed by atoms with Gasteiger partial charge in [0.1, 0.15) is 5.69 Å². The second-order valence-corrected chi connectivity index (χ2v) is 8.35. The van der Waals surface area contributed by atoms with Crippen LogP contribution in [-0.4, -0.2) is 38.8 Å². The van der Waals surface area contributed by atoms with Gasteiger partial charge in [-0.1, -0.05) is 29.8 Å². The summed E-state index contributed by atoms with van der Waals surface area (Å²) >= 11 is 6.35. The second-order valence-electron chi connectivity index (χ2n) is 7.94. The number of amides is 1. The molecule has 0 saturated carbocycles. The van der Waals surface area contributed by atoms with E-state index in [0.717, 1.165) is 53.5 Å². The minimum Gasteiger partial charge on any atom is -0.337 e. The van der Waals surface area contributed by atoms with Gasteiger partial charge < -0.3 is 4.90 Å². The Labute approximate surface area is 182 Å². The maximum atomic E-state index is 12.9. The van der Waals surface area contributed by atoms with Crippen molar-refractivity contribution in [3.63, 3.8) is 0 Å². The molecule has 154 valence electrons. The van der Waals surface area contributed by atoms with Gasteiger partial charge in [-0.3, -0.25) is 14.8 Å². The van der Waals surface area contributed by atoms with Crippen molar-refractivity contribution >= 4 is 17.5 Å². The Balaban J connectivity index is 1.53. The topological polar surface area (TPSA) is 59.0 Å². The fourth-order valence-corrected chi connectivity index (χ4v) is 4.21. The van der Waals surface area contributed by atoms with E-state index in [4.69, 9.17) is 16.6 Å². The normalized spacial score (nSPS) is 16.5. The zero-order chi connectivity index (χ0) is 21.1. The van der Waals surface area contributed by atoms with Gasteiger partial charge in [0.2, 0.25) is 0 Å². The monoisotopic (exact) mass is 420 g/mol. The summed E-state index contributed by atoms with van der Waals surface area (Å²) in [7, 11) is 0. The predicted molar refractivity (Wildman–Crippen MR) is 118 cm³/mol. The van der Waals surface area contributed by atoms with Crippen LogP contribution in [0.15, 0.2) is 48.8 Å². The first-order chi connectivity index (χ1) is 14.5. The Hall–Kier alpha value is -2.79. The van der Waals surface area contributed by atoms with Crippen molar-refractivity contribution in [2.75, 3.05) is 13.1 Å². The second kappa shape index (κ2) is 8.92. The van der Waals surface area contributed by atoms with Gasteiger partial charge in [-0.25, -0.2) is 4.98 Å². The summed E-state index contributed by atoms with van der Waals surface area (Å²) in [6, 6.07) is 12.2. The molecule has 0 unspecified atom stereocenters. The Morgan fingerprint density at radius 2 is 1.97 bits per heavy atom. The maximum absolute atomic E-state index is 12.9. The maximum Gasteiger partial charge on any atom is 0.274 e. The van der Waals surface area contributed by atoms with Crippen molar-refractivity contribution in [1.29, 1.82) is 0 Å². The van der Waals surface area contributed by atoms with E-state index in [0.29, 0.717) is 12.2 Å². The molecule has 4 rings (SSSR count).